The minimum absolute atomic E-state index is 0.127. The molecule has 6 nitrogen and oxygen atoms in total. The Morgan fingerprint density at radius 2 is 1.84 bits per heavy atom. The van der Waals surface area contributed by atoms with Crippen molar-refractivity contribution >= 4 is 17.7 Å². The van der Waals surface area contributed by atoms with Crippen LogP contribution in [0.4, 0.5) is 14.5 Å². The van der Waals surface area contributed by atoms with E-state index in [1.807, 2.05) is 6.07 Å². The summed E-state index contributed by atoms with van der Waals surface area (Å²) in [6.45, 7) is 4.61. The lowest BCUT2D eigenvalue weighted by atomic mass is 9.74. The molecule has 3 aliphatic heterocycles. The van der Waals surface area contributed by atoms with Crippen LogP contribution in [0.5, 0.6) is 5.75 Å². The number of hydrogen-bond donors (Lipinski definition) is 2. The molecule has 0 radical (unpaired) electrons. The van der Waals surface area contributed by atoms with Crippen LogP contribution in [0.15, 0.2) is 42.5 Å². The summed E-state index contributed by atoms with van der Waals surface area (Å²) < 4.78 is 32.2. The van der Waals surface area contributed by atoms with Crippen LogP contribution in [0, 0.1) is 17.6 Å². The Kier molecular flexibility index (Phi) is 7.49. The average Bonchev–Trinajstić information content (AvgIpc) is 3.25. The third kappa shape index (κ3) is 5.65. The minimum atomic E-state index is -0.671. The smallest absolute Gasteiger partial charge is 0.246 e. The summed E-state index contributed by atoms with van der Waals surface area (Å²) in [4.78, 5) is 16.7. The number of nitrogens with zero attached hydrogens (tertiary/aromatic N) is 2. The number of hydrogen-bond acceptors (Lipinski definition) is 5. The average molecular weight is 512 g/mol. The maximum absolute atomic E-state index is 13.4. The van der Waals surface area contributed by atoms with Gasteiger partial charge in [0, 0.05) is 49.4 Å². The zero-order chi connectivity index (χ0) is 26.0. The molecule has 3 aliphatic rings. The van der Waals surface area contributed by atoms with Crippen LogP contribution in [0.3, 0.4) is 0 Å². The molecular formula is C29H35F2N3O3. The molecule has 0 aliphatic carbocycles. The zero-order valence-corrected chi connectivity index (χ0v) is 21.3. The van der Waals surface area contributed by atoms with Crippen molar-refractivity contribution in [2.75, 3.05) is 51.7 Å². The molecule has 3 heterocycles. The van der Waals surface area contributed by atoms with Crippen molar-refractivity contribution in [3.05, 3.63) is 65.2 Å². The lowest BCUT2D eigenvalue weighted by Gasteiger charge is -2.41. The third-order valence-electron chi connectivity index (χ3n) is 8.37. The van der Waals surface area contributed by atoms with E-state index in [9.17, 15) is 18.7 Å². The van der Waals surface area contributed by atoms with Crippen LogP contribution in [0.1, 0.15) is 36.8 Å². The fourth-order valence-corrected chi connectivity index (χ4v) is 6.08. The molecule has 2 fully saturated rings. The van der Waals surface area contributed by atoms with Crippen molar-refractivity contribution in [3.8, 4) is 5.75 Å². The summed E-state index contributed by atoms with van der Waals surface area (Å²) >= 11 is 0. The summed E-state index contributed by atoms with van der Waals surface area (Å²) in [5.74, 6) is -0.477. The normalized spacial score (nSPS) is 20.7. The highest BCUT2D eigenvalue weighted by Gasteiger charge is 2.42. The van der Waals surface area contributed by atoms with Crippen molar-refractivity contribution < 1.29 is 23.4 Å². The molecule has 0 aromatic heterocycles. The van der Waals surface area contributed by atoms with E-state index in [0.29, 0.717) is 25.2 Å². The predicted octanol–water partition coefficient (Wildman–Crippen LogP) is 4.05. The Morgan fingerprint density at radius 3 is 2.51 bits per heavy atom. The quantitative estimate of drug-likeness (QED) is 0.573. The lowest BCUT2D eigenvalue weighted by molar-refractivity contribution is -0.128. The van der Waals surface area contributed by atoms with Crippen molar-refractivity contribution in [2.24, 2.45) is 5.92 Å². The van der Waals surface area contributed by atoms with Gasteiger partial charge < -0.3 is 25.0 Å². The molecule has 1 unspecified atom stereocenters. The number of rotatable bonds is 6. The van der Waals surface area contributed by atoms with Crippen LogP contribution >= 0.6 is 0 Å². The number of carbonyl (C=O) groups is 1. The maximum atomic E-state index is 13.4. The molecule has 8 heteroatoms. The number of fused-ring (bicyclic) bond motifs is 2. The van der Waals surface area contributed by atoms with Gasteiger partial charge in [-0.1, -0.05) is 0 Å². The topological polar surface area (TPSA) is 65.0 Å². The van der Waals surface area contributed by atoms with Gasteiger partial charge in [-0.2, -0.15) is 0 Å². The van der Waals surface area contributed by atoms with E-state index in [1.165, 1.54) is 35.5 Å². The van der Waals surface area contributed by atoms with Gasteiger partial charge >= 0.3 is 0 Å². The van der Waals surface area contributed by atoms with E-state index in [2.05, 4.69) is 22.3 Å². The standard InChI is InChI=1S/C29H35F2N3O3/c1-37-24-3-4-26-25(17-24)29(19-32-26)8-12-33(13-9-29)18-27(35)21-6-10-34(11-7-21)28(36)5-2-20-14-22(30)16-23(31)15-20/h2-5,14-17,21,27,32,35H,6-13,18-19H2,1H3. The van der Waals surface area contributed by atoms with Crippen LogP contribution in [-0.2, 0) is 10.2 Å². The first-order chi connectivity index (χ1) is 17.8. The van der Waals surface area contributed by atoms with Gasteiger partial charge in [-0.15, -0.1) is 0 Å². The number of likely N-dealkylation sites (tertiary alicyclic amines) is 2. The van der Waals surface area contributed by atoms with Gasteiger partial charge in [0.15, 0.2) is 0 Å². The monoisotopic (exact) mass is 511 g/mol. The van der Waals surface area contributed by atoms with Crippen molar-refractivity contribution in [3.63, 3.8) is 0 Å². The van der Waals surface area contributed by atoms with E-state index >= 15 is 0 Å². The summed E-state index contributed by atoms with van der Waals surface area (Å²) in [6.07, 6.45) is 5.94. The SMILES string of the molecule is COc1ccc2c(c1)C1(CCN(CC(O)C3CCN(C(=O)C=Cc4cc(F)cc(F)c4)CC3)CC1)CN2. The number of aliphatic hydroxyl groups excluding tert-OH is 1. The molecule has 0 saturated carbocycles. The number of carbonyl (C=O) groups excluding carboxylic acids is 1. The number of halogens is 2. The van der Waals surface area contributed by atoms with Gasteiger partial charge in [0.25, 0.3) is 0 Å². The van der Waals surface area contributed by atoms with Crippen molar-refractivity contribution in [1.29, 1.82) is 0 Å². The fourth-order valence-electron chi connectivity index (χ4n) is 6.08. The number of β-amino-alcohol motifs (C(OH)–C–C–N with tert-alkyl or cyclic N) is 1. The number of piperidine rings is 2. The molecule has 2 saturated heterocycles. The van der Waals surface area contributed by atoms with Crippen molar-refractivity contribution in [1.82, 2.24) is 9.80 Å². The second-order valence-electron chi connectivity index (χ2n) is 10.6. The Balaban J connectivity index is 1.09. The van der Waals surface area contributed by atoms with Crippen LogP contribution in [0.2, 0.25) is 0 Å². The Labute approximate surface area is 216 Å². The zero-order valence-electron chi connectivity index (χ0n) is 21.3. The summed E-state index contributed by atoms with van der Waals surface area (Å²) in [6, 6.07) is 9.46. The number of aliphatic hydroxyl groups is 1. The van der Waals surface area contributed by atoms with Gasteiger partial charge in [0.05, 0.1) is 13.2 Å². The molecule has 2 N–H and O–H groups in total. The highest BCUT2D eigenvalue weighted by atomic mass is 19.1. The highest BCUT2D eigenvalue weighted by molar-refractivity contribution is 5.91. The van der Waals surface area contributed by atoms with E-state index in [0.717, 1.165) is 57.1 Å². The number of nitrogens with one attached hydrogen (secondary N) is 1. The predicted molar refractivity (Wildman–Crippen MR) is 140 cm³/mol. The number of amides is 1. The summed E-state index contributed by atoms with van der Waals surface area (Å²) in [5, 5.41) is 14.5. The largest absolute Gasteiger partial charge is 0.497 e. The number of ether oxygens (including phenoxy) is 1. The third-order valence-corrected chi connectivity index (χ3v) is 8.37. The summed E-state index contributed by atoms with van der Waals surface area (Å²) in [7, 11) is 1.70. The van der Waals surface area contributed by atoms with Gasteiger partial charge in [-0.25, -0.2) is 8.78 Å². The van der Waals surface area contributed by atoms with E-state index < -0.39 is 17.7 Å². The minimum Gasteiger partial charge on any atom is -0.497 e. The van der Waals surface area contributed by atoms with Crippen LogP contribution in [-0.4, -0.2) is 73.3 Å². The molecule has 1 amide bonds. The lowest BCUT2D eigenvalue weighted by Crippen LogP contribution is -2.48. The van der Waals surface area contributed by atoms with Gasteiger partial charge in [-0.3, -0.25) is 4.79 Å². The first-order valence-electron chi connectivity index (χ1n) is 13.1. The Morgan fingerprint density at radius 1 is 1.14 bits per heavy atom. The number of anilines is 1. The fraction of sp³-hybridized carbons (Fsp3) is 0.483. The van der Waals surface area contributed by atoms with Crippen molar-refractivity contribution in [2.45, 2.75) is 37.2 Å². The molecule has 5 rings (SSSR count). The van der Waals surface area contributed by atoms with Crippen LogP contribution < -0.4 is 10.1 Å². The first kappa shape index (κ1) is 25.7. The van der Waals surface area contributed by atoms with E-state index in [-0.39, 0.29) is 17.2 Å². The molecule has 0 bridgehead atoms. The maximum Gasteiger partial charge on any atom is 0.246 e. The molecular weight excluding hydrogens is 476 g/mol. The van der Waals surface area contributed by atoms with E-state index in [4.69, 9.17) is 4.74 Å². The molecule has 1 spiro atoms. The molecule has 2 aromatic carbocycles. The second-order valence-corrected chi connectivity index (χ2v) is 10.6. The Hall–Kier alpha value is -2.97. The highest BCUT2D eigenvalue weighted by Crippen LogP contribution is 2.45. The molecule has 198 valence electrons. The Bertz CT molecular complexity index is 1130. The first-order valence-corrected chi connectivity index (χ1v) is 13.1. The molecule has 37 heavy (non-hydrogen) atoms. The second kappa shape index (κ2) is 10.8. The number of benzene rings is 2. The molecule has 2 aromatic rings. The summed E-state index contributed by atoms with van der Waals surface area (Å²) in [5.41, 5.74) is 2.99. The van der Waals surface area contributed by atoms with Gasteiger partial charge in [0.2, 0.25) is 5.91 Å². The number of methoxy groups -OCH3 is 1. The van der Waals surface area contributed by atoms with Crippen LogP contribution in [0.25, 0.3) is 6.08 Å². The van der Waals surface area contributed by atoms with E-state index in [1.54, 1.807) is 12.0 Å². The van der Waals surface area contributed by atoms with Gasteiger partial charge in [-0.05, 0) is 92.2 Å². The van der Waals surface area contributed by atoms with Gasteiger partial charge in [0.1, 0.15) is 17.4 Å². The molecule has 1 atom stereocenters.